The first-order valence-electron chi connectivity index (χ1n) is 27.7. The van der Waals surface area contributed by atoms with Crippen molar-refractivity contribution in [3.8, 4) is 0 Å². The molecule has 0 fully saturated rings. The lowest BCUT2D eigenvalue weighted by Gasteiger charge is -2.18. The molecule has 1 atom stereocenters. The van der Waals surface area contributed by atoms with Gasteiger partial charge in [-0.25, -0.2) is 0 Å². The second kappa shape index (κ2) is 54.9. The van der Waals surface area contributed by atoms with Gasteiger partial charge in [0.25, 0.3) is 0 Å². The second-order valence-corrected chi connectivity index (χ2v) is 18.1. The minimum atomic E-state index is -0.808. The molecular weight excluding hydrogens is 829 g/mol. The van der Waals surface area contributed by atoms with E-state index in [4.69, 9.17) is 14.2 Å². The maximum Gasteiger partial charge on any atom is 0.306 e. The van der Waals surface area contributed by atoms with Crippen molar-refractivity contribution in [1.29, 1.82) is 0 Å². The molecular formula is C61H102O6. The van der Waals surface area contributed by atoms with Gasteiger partial charge in [-0.1, -0.05) is 214 Å². The van der Waals surface area contributed by atoms with Gasteiger partial charge in [0, 0.05) is 19.3 Å². The fraction of sp³-hybridized carbons (Fsp3) is 0.689. The van der Waals surface area contributed by atoms with Crippen molar-refractivity contribution in [2.45, 2.75) is 258 Å². The molecule has 0 heterocycles. The van der Waals surface area contributed by atoms with Crippen LogP contribution in [0.2, 0.25) is 0 Å². The van der Waals surface area contributed by atoms with E-state index in [1.165, 1.54) is 89.9 Å². The van der Waals surface area contributed by atoms with Gasteiger partial charge >= 0.3 is 17.9 Å². The molecule has 0 bridgehead atoms. The third-order valence-electron chi connectivity index (χ3n) is 11.6. The number of ether oxygens (including phenoxy) is 3. The van der Waals surface area contributed by atoms with Crippen LogP contribution in [0.3, 0.4) is 0 Å². The van der Waals surface area contributed by atoms with Crippen molar-refractivity contribution in [3.63, 3.8) is 0 Å². The second-order valence-electron chi connectivity index (χ2n) is 18.1. The number of allylic oxidation sites excluding steroid dienone is 16. The van der Waals surface area contributed by atoms with E-state index in [1.54, 1.807) is 0 Å². The van der Waals surface area contributed by atoms with Gasteiger partial charge in [0.15, 0.2) is 6.10 Å². The number of hydrogen-bond donors (Lipinski definition) is 0. The van der Waals surface area contributed by atoms with Crippen LogP contribution in [0.15, 0.2) is 97.2 Å². The molecule has 0 aromatic carbocycles. The van der Waals surface area contributed by atoms with E-state index in [2.05, 4.69) is 118 Å². The van der Waals surface area contributed by atoms with E-state index >= 15 is 0 Å². The summed E-state index contributed by atoms with van der Waals surface area (Å²) in [7, 11) is 0. The summed E-state index contributed by atoms with van der Waals surface area (Å²) in [5, 5.41) is 0. The Morgan fingerprint density at radius 2 is 0.582 bits per heavy atom. The summed E-state index contributed by atoms with van der Waals surface area (Å²) in [5.74, 6) is -0.962. The molecule has 0 saturated carbocycles. The molecule has 0 unspecified atom stereocenters. The topological polar surface area (TPSA) is 78.9 Å². The van der Waals surface area contributed by atoms with Gasteiger partial charge in [0.05, 0.1) is 0 Å². The number of carbonyl (C=O) groups is 3. The molecule has 0 aromatic heterocycles. The van der Waals surface area contributed by atoms with E-state index in [1.807, 2.05) is 0 Å². The Morgan fingerprint density at radius 3 is 0.955 bits per heavy atom. The van der Waals surface area contributed by atoms with Crippen LogP contribution in [-0.4, -0.2) is 37.2 Å². The third kappa shape index (κ3) is 53.2. The van der Waals surface area contributed by atoms with E-state index in [9.17, 15) is 14.4 Å². The summed E-state index contributed by atoms with van der Waals surface area (Å²) < 4.78 is 16.8. The SMILES string of the molecule is CC/C=C\C/C=C\C/C=C\C/C=C\CCCCC(=O)O[C@H](COC(=O)CCCCCCC/C=C\C/C=C\C/C=C\CC)COC(=O)CCCCCCCCCCC/C=C\CCCCCCCC. The van der Waals surface area contributed by atoms with E-state index < -0.39 is 6.10 Å². The van der Waals surface area contributed by atoms with Crippen LogP contribution in [0.1, 0.15) is 252 Å². The predicted octanol–water partition coefficient (Wildman–Crippen LogP) is 18.5. The van der Waals surface area contributed by atoms with Crippen molar-refractivity contribution in [1.82, 2.24) is 0 Å². The van der Waals surface area contributed by atoms with Gasteiger partial charge in [-0.3, -0.25) is 14.4 Å². The number of unbranched alkanes of at least 4 members (excludes halogenated alkanes) is 22. The Morgan fingerprint density at radius 1 is 0.313 bits per heavy atom. The number of rotatable bonds is 49. The first-order chi connectivity index (χ1) is 33.0. The predicted molar refractivity (Wildman–Crippen MR) is 288 cm³/mol. The maximum atomic E-state index is 12.8. The number of carbonyl (C=O) groups excluding carboxylic acids is 3. The zero-order valence-corrected chi connectivity index (χ0v) is 43.6. The normalized spacial score (nSPS) is 12.8. The van der Waals surface area contributed by atoms with Crippen LogP contribution in [0, 0.1) is 0 Å². The Hall–Kier alpha value is -3.67. The van der Waals surface area contributed by atoms with Crippen molar-refractivity contribution in [2.24, 2.45) is 0 Å². The van der Waals surface area contributed by atoms with Gasteiger partial charge in [-0.05, 0) is 116 Å². The average Bonchev–Trinajstić information content (AvgIpc) is 3.33. The highest BCUT2D eigenvalue weighted by atomic mass is 16.6. The zero-order valence-electron chi connectivity index (χ0n) is 43.6. The lowest BCUT2D eigenvalue weighted by Crippen LogP contribution is -2.30. The average molecular weight is 931 g/mol. The highest BCUT2D eigenvalue weighted by Gasteiger charge is 2.19. The Bertz CT molecular complexity index is 1350. The lowest BCUT2D eigenvalue weighted by atomic mass is 10.1. The molecule has 0 aliphatic carbocycles. The summed E-state index contributed by atoms with van der Waals surface area (Å²) >= 11 is 0. The number of esters is 3. The molecule has 0 aromatic rings. The molecule has 6 nitrogen and oxygen atoms in total. The minimum Gasteiger partial charge on any atom is -0.462 e. The van der Waals surface area contributed by atoms with E-state index in [0.717, 1.165) is 116 Å². The summed E-state index contributed by atoms with van der Waals surface area (Å²) in [6.45, 7) is 6.36. The van der Waals surface area contributed by atoms with Crippen molar-refractivity contribution < 1.29 is 28.6 Å². The summed E-state index contributed by atoms with van der Waals surface area (Å²) in [5.41, 5.74) is 0. The molecule has 0 spiro atoms. The quantitative estimate of drug-likeness (QED) is 0.0262. The van der Waals surface area contributed by atoms with Crippen molar-refractivity contribution in [3.05, 3.63) is 97.2 Å². The molecule has 0 radical (unpaired) electrons. The molecule has 382 valence electrons. The van der Waals surface area contributed by atoms with E-state index in [0.29, 0.717) is 19.3 Å². The molecule has 0 saturated heterocycles. The fourth-order valence-corrected chi connectivity index (χ4v) is 7.44. The van der Waals surface area contributed by atoms with Crippen LogP contribution in [0.4, 0.5) is 0 Å². The molecule has 0 aliphatic heterocycles. The monoisotopic (exact) mass is 931 g/mol. The van der Waals surface area contributed by atoms with Gasteiger partial charge in [0.2, 0.25) is 0 Å². The minimum absolute atomic E-state index is 0.101. The molecule has 67 heavy (non-hydrogen) atoms. The van der Waals surface area contributed by atoms with Crippen LogP contribution in [0.5, 0.6) is 0 Å². The molecule has 0 N–H and O–H groups in total. The first kappa shape index (κ1) is 63.3. The molecule has 0 amide bonds. The molecule has 6 heteroatoms. The Labute approximate surface area is 413 Å². The smallest absolute Gasteiger partial charge is 0.306 e. The third-order valence-corrected chi connectivity index (χ3v) is 11.6. The van der Waals surface area contributed by atoms with Gasteiger partial charge < -0.3 is 14.2 Å². The molecule has 0 rings (SSSR count). The van der Waals surface area contributed by atoms with E-state index in [-0.39, 0.29) is 37.5 Å². The Balaban J connectivity index is 4.45. The van der Waals surface area contributed by atoms with Gasteiger partial charge in [-0.2, -0.15) is 0 Å². The van der Waals surface area contributed by atoms with Crippen molar-refractivity contribution >= 4 is 17.9 Å². The summed E-state index contributed by atoms with van der Waals surface area (Å²) in [6, 6.07) is 0. The van der Waals surface area contributed by atoms with Gasteiger partial charge in [0.1, 0.15) is 13.2 Å². The Kier molecular flexibility index (Phi) is 51.9. The number of hydrogen-bond acceptors (Lipinski definition) is 6. The van der Waals surface area contributed by atoms with Crippen LogP contribution in [-0.2, 0) is 28.6 Å². The van der Waals surface area contributed by atoms with Crippen LogP contribution >= 0.6 is 0 Å². The standard InChI is InChI=1S/C61H102O6/c1-4-7-10-13-16-19-22-25-28-29-30-31-34-36-39-42-45-48-51-54-60(63)66-57-58(67-61(64)55-52-49-46-43-40-37-33-27-24-21-18-15-12-9-6-3)56-65-59(62)53-50-47-44-41-38-35-32-26-23-20-17-14-11-8-5-2/h8-9,11-12,17-18,20-21,25-28,32-33,40,43,58H,4-7,10,13-16,19,22-24,29-31,34-39,41-42,44-57H2,1-3H3/b11-8-,12-9-,20-17-,21-18-,28-25-,32-26-,33-27-,43-40-/t58-/m1/s1. The summed E-state index contributed by atoms with van der Waals surface area (Å²) in [4.78, 5) is 38.1. The van der Waals surface area contributed by atoms with Crippen LogP contribution in [0.25, 0.3) is 0 Å². The fourth-order valence-electron chi connectivity index (χ4n) is 7.44. The van der Waals surface area contributed by atoms with Crippen molar-refractivity contribution in [2.75, 3.05) is 13.2 Å². The lowest BCUT2D eigenvalue weighted by molar-refractivity contribution is -0.167. The molecule has 0 aliphatic rings. The summed E-state index contributed by atoms with van der Waals surface area (Å²) in [6.07, 6.45) is 72.5. The highest BCUT2D eigenvalue weighted by molar-refractivity contribution is 5.71. The maximum absolute atomic E-state index is 12.8. The van der Waals surface area contributed by atoms with Gasteiger partial charge in [-0.15, -0.1) is 0 Å². The highest BCUT2D eigenvalue weighted by Crippen LogP contribution is 2.14. The van der Waals surface area contributed by atoms with Crippen LogP contribution < -0.4 is 0 Å². The zero-order chi connectivity index (χ0) is 48.6. The first-order valence-corrected chi connectivity index (χ1v) is 27.7. The largest absolute Gasteiger partial charge is 0.462 e.